The van der Waals surface area contributed by atoms with Crippen LogP contribution < -0.4 is 0 Å². The summed E-state index contributed by atoms with van der Waals surface area (Å²) >= 11 is 0. The molecule has 0 unspecified atom stereocenters. The van der Waals surface area contributed by atoms with Gasteiger partial charge in [0.2, 0.25) is 0 Å². The molecule has 0 spiro atoms. The van der Waals surface area contributed by atoms with Crippen molar-refractivity contribution in [1.82, 2.24) is 14.8 Å². The van der Waals surface area contributed by atoms with E-state index in [1.54, 1.807) is 0 Å². The first-order chi connectivity index (χ1) is 9.90. The largest absolute Gasteiger partial charge is 0.433 e. The van der Waals surface area contributed by atoms with Crippen LogP contribution in [-0.2, 0) is 19.0 Å². The lowest BCUT2D eigenvalue weighted by molar-refractivity contribution is -0.141. The molecule has 0 atom stereocenters. The maximum absolute atomic E-state index is 12.8. The molecule has 7 heteroatoms. The number of nitriles is 1. The van der Waals surface area contributed by atoms with Crippen LogP contribution in [0.5, 0.6) is 0 Å². The van der Waals surface area contributed by atoms with E-state index in [9.17, 15) is 13.2 Å². The summed E-state index contributed by atoms with van der Waals surface area (Å²) in [6.07, 6.45) is -3.33. The van der Waals surface area contributed by atoms with Crippen molar-refractivity contribution in [3.8, 4) is 11.9 Å². The molecule has 2 aromatic heterocycles. The molecule has 4 nitrogen and oxygen atoms in total. The molecule has 0 radical (unpaired) electrons. The average Bonchev–Trinajstić information content (AvgIpc) is 2.88. The second kappa shape index (κ2) is 5.56. The number of aryl methyl sites for hydroxylation is 2. The Balaban J connectivity index is 2.67. The van der Waals surface area contributed by atoms with Gasteiger partial charge in [-0.25, -0.2) is 9.67 Å². The van der Waals surface area contributed by atoms with Gasteiger partial charge in [0.25, 0.3) is 0 Å². The number of rotatable bonds is 3. The van der Waals surface area contributed by atoms with Crippen molar-refractivity contribution in [1.29, 1.82) is 5.26 Å². The molecule has 0 aliphatic carbocycles. The van der Waals surface area contributed by atoms with Crippen molar-refractivity contribution in [2.45, 2.75) is 32.9 Å². The third-order valence-corrected chi connectivity index (χ3v) is 3.04. The fourth-order valence-corrected chi connectivity index (χ4v) is 1.94. The van der Waals surface area contributed by atoms with Gasteiger partial charge in [-0.15, -0.1) is 0 Å². The zero-order valence-electron chi connectivity index (χ0n) is 11.6. The summed E-state index contributed by atoms with van der Waals surface area (Å²) in [7, 11) is 0. The summed E-state index contributed by atoms with van der Waals surface area (Å²) < 4.78 is 39.7. The van der Waals surface area contributed by atoms with Crippen molar-refractivity contribution in [2.24, 2.45) is 0 Å². The Morgan fingerprint density at radius 2 is 1.95 bits per heavy atom. The van der Waals surface area contributed by atoms with Gasteiger partial charge in [-0.2, -0.15) is 23.5 Å². The van der Waals surface area contributed by atoms with E-state index in [1.807, 2.05) is 26.0 Å². The van der Waals surface area contributed by atoms with Gasteiger partial charge in [0.15, 0.2) is 5.82 Å². The quantitative estimate of drug-likeness (QED) is 0.873. The van der Waals surface area contributed by atoms with E-state index >= 15 is 0 Å². The summed E-state index contributed by atoms with van der Waals surface area (Å²) in [5, 5.41) is 13.3. The number of pyridine rings is 1. The normalized spacial score (nSPS) is 11.4. The summed E-state index contributed by atoms with van der Waals surface area (Å²) in [5.74, 6) is -0.0797. The standard InChI is InChI=1S/C14H13F3N4/c1-3-10-7-11(4-2)21(20-10)13-9(8-18)5-6-12(19-13)14(15,16)17/h5-7H,3-4H2,1-2H3. The van der Waals surface area contributed by atoms with E-state index in [4.69, 9.17) is 5.26 Å². The molecule has 0 aliphatic heterocycles. The van der Waals surface area contributed by atoms with E-state index < -0.39 is 11.9 Å². The predicted molar refractivity (Wildman–Crippen MR) is 69.8 cm³/mol. The molecule has 2 heterocycles. The average molecular weight is 294 g/mol. The van der Waals surface area contributed by atoms with Crippen LogP contribution in [0, 0.1) is 11.3 Å². The van der Waals surface area contributed by atoms with Crippen molar-refractivity contribution < 1.29 is 13.2 Å². The Labute approximate surface area is 119 Å². The van der Waals surface area contributed by atoms with Gasteiger partial charge in [-0.3, -0.25) is 0 Å². The zero-order valence-corrected chi connectivity index (χ0v) is 11.6. The fraction of sp³-hybridized carbons (Fsp3) is 0.357. The van der Waals surface area contributed by atoms with Crippen molar-refractivity contribution in [2.75, 3.05) is 0 Å². The first-order valence-electron chi connectivity index (χ1n) is 6.47. The number of halogens is 3. The minimum Gasteiger partial charge on any atom is -0.223 e. The highest BCUT2D eigenvalue weighted by Gasteiger charge is 2.33. The van der Waals surface area contributed by atoms with Crippen LogP contribution in [-0.4, -0.2) is 14.8 Å². The maximum atomic E-state index is 12.8. The molecular weight excluding hydrogens is 281 g/mol. The molecule has 110 valence electrons. The maximum Gasteiger partial charge on any atom is 0.433 e. The number of alkyl halides is 3. The van der Waals surface area contributed by atoms with E-state index in [2.05, 4.69) is 10.1 Å². The third-order valence-electron chi connectivity index (χ3n) is 3.04. The molecule has 2 aromatic rings. The lowest BCUT2D eigenvalue weighted by Gasteiger charge is -2.11. The molecule has 0 N–H and O–H groups in total. The molecule has 0 saturated heterocycles. The van der Waals surface area contributed by atoms with Gasteiger partial charge < -0.3 is 0 Å². The van der Waals surface area contributed by atoms with Crippen LogP contribution in [0.2, 0.25) is 0 Å². The van der Waals surface area contributed by atoms with Crippen LogP contribution in [0.25, 0.3) is 5.82 Å². The van der Waals surface area contributed by atoms with Gasteiger partial charge in [-0.1, -0.05) is 13.8 Å². The van der Waals surface area contributed by atoms with Gasteiger partial charge in [0.1, 0.15) is 11.8 Å². The minimum atomic E-state index is -4.56. The van der Waals surface area contributed by atoms with E-state index in [0.717, 1.165) is 23.5 Å². The predicted octanol–water partition coefficient (Wildman–Crippen LogP) is 3.28. The minimum absolute atomic E-state index is 0.0588. The summed E-state index contributed by atoms with van der Waals surface area (Å²) in [5.41, 5.74) is 0.487. The van der Waals surface area contributed by atoms with Crippen LogP contribution >= 0.6 is 0 Å². The lowest BCUT2D eigenvalue weighted by Crippen LogP contribution is -2.13. The Kier molecular flexibility index (Phi) is 3.98. The Bertz CT molecular complexity index is 695. The first-order valence-corrected chi connectivity index (χ1v) is 6.47. The van der Waals surface area contributed by atoms with Crippen molar-refractivity contribution in [3.63, 3.8) is 0 Å². The van der Waals surface area contributed by atoms with E-state index in [-0.39, 0.29) is 11.4 Å². The highest BCUT2D eigenvalue weighted by Crippen LogP contribution is 2.29. The summed E-state index contributed by atoms with van der Waals surface area (Å²) in [4.78, 5) is 3.59. The second-order valence-electron chi connectivity index (χ2n) is 4.42. The van der Waals surface area contributed by atoms with Gasteiger partial charge >= 0.3 is 6.18 Å². The number of hydrogen-bond donors (Lipinski definition) is 0. The van der Waals surface area contributed by atoms with Gasteiger partial charge in [0, 0.05) is 5.69 Å². The third kappa shape index (κ3) is 2.89. The Morgan fingerprint density at radius 3 is 2.48 bits per heavy atom. The van der Waals surface area contributed by atoms with Crippen molar-refractivity contribution in [3.05, 3.63) is 40.8 Å². The van der Waals surface area contributed by atoms with Gasteiger partial charge in [-0.05, 0) is 31.0 Å². The SMILES string of the molecule is CCc1cc(CC)n(-c2nc(C(F)(F)F)ccc2C#N)n1. The topological polar surface area (TPSA) is 54.5 Å². The number of nitrogens with zero attached hydrogens (tertiary/aromatic N) is 4. The molecule has 2 rings (SSSR count). The molecule has 0 aromatic carbocycles. The molecule has 21 heavy (non-hydrogen) atoms. The highest BCUT2D eigenvalue weighted by molar-refractivity contribution is 5.45. The fourth-order valence-electron chi connectivity index (χ4n) is 1.94. The van der Waals surface area contributed by atoms with Crippen LogP contribution in [0.4, 0.5) is 13.2 Å². The lowest BCUT2D eigenvalue weighted by atomic mass is 10.2. The van der Waals surface area contributed by atoms with Crippen LogP contribution in [0.15, 0.2) is 18.2 Å². The zero-order chi connectivity index (χ0) is 15.6. The smallest absolute Gasteiger partial charge is 0.223 e. The Hall–Kier alpha value is -2.36. The Morgan fingerprint density at radius 1 is 1.24 bits per heavy atom. The highest BCUT2D eigenvalue weighted by atomic mass is 19.4. The molecule has 0 bridgehead atoms. The monoisotopic (exact) mass is 294 g/mol. The van der Waals surface area contributed by atoms with E-state index in [0.29, 0.717) is 12.8 Å². The summed E-state index contributed by atoms with van der Waals surface area (Å²) in [6.45, 7) is 3.77. The molecule has 0 fully saturated rings. The van der Waals surface area contributed by atoms with Crippen molar-refractivity contribution >= 4 is 0 Å². The number of hydrogen-bond acceptors (Lipinski definition) is 3. The second-order valence-corrected chi connectivity index (χ2v) is 4.42. The van der Waals surface area contributed by atoms with E-state index in [1.165, 1.54) is 4.68 Å². The molecular formula is C14H13F3N4. The first kappa shape index (κ1) is 15.0. The number of aromatic nitrogens is 3. The molecule has 0 aliphatic rings. The van der Waals surface area contributed by atoms with Gasteiger partial charge in [0.05, 0.1) is 11.3 Å². The van der Waals surface area contributed by atoms with Crippen LogP contribution in [0.3, 0.4) is 0 Å². The summed E-state index contributed by atoms with van der Waals surface area (Å²) in [6, 6.07) is 5.60. The molecule has 0 saturated carbocycles. The van der Waals surface area contributed by atoms with Crippen LogP contribution in [0.1, 0.15) is 36.5 Å². The molecule has 0 amide bonds.